The highest BCUT2D eigenvalue weighted by molar-refractivity contribution is 5.74. The molecule has 5 nitrogen and oxygen atoms in total. The molecule has 2 saturated carbocycles. The van der Waals surface area contributed by atoms with Crippen molar-refractivity contribution in [2.45, 2.75) is 44.8 Å². The van der Waals surface area contributed by atoms with Crippen molar-refractivity contribution in [2.75, 3.05) is 0 Å². The minimum absolute atomic E-state index is 0.0289. The molecule has 0 bridgehead atoms. The van der Waals surface area contributed by atoms with Crippen LogP contribution in [0.5, 0.6) is 0 Å². The number of rotatable bonds is 7. The summed E-state index contributed by atoms with van der Waals surface area (Å²) in [6.07, 6.45) is 10.7. The van der Waals surface area contributed by atoms with Crippen molar-refractivity contribution >= 4 is 6.03 Å². The Labute approximate surface area is 142 Å². The summed E-state index contributed by atoms with van der Waals surface area (Å²) in [6.45, 7) is 1.36. The van der Waals surface area contributed by atoms with E-state index in [4.69, 9.17) is 0 Å². The zero-order chi connectivity index (χ0) is 16.4. The Morgan fingerprint density at radius 1 is 1.21 bits per heavy atom. The fourth-order valence-corrected chi connectivity index (χ4v) is 3.35. The maximum Gasteiger partial charge on any atom is 0.315 e. The Balaban J connectivity index is 1.29. The van der Waals surface area contributed by atoms with E-state index in [0.29, 0.717) is 12.6 Å². The molecule has 1 aromatic heterocycles. The number of nitrogens with zero attached hydrogens (tertiary/aromatic N) is 2. The van der Waals surface area contributed by atoms with Gasteiger partial charge in [-0.2, -0.15) is 0 Å². The van der Waals surface area contributed by atoms with Gasteiger partial charge < -0.3 is 15.2 Å². The molecule has 2 aliphatic rings. The van der Waals surface area contributed by atoms with Gasteiger partial charge in [-0.15, -0.1) is 0 Å². The van der Waals surface area contributed by atoms with Crippen LogP contribution in [0.15, 0.2) is 43.0 Å². The lowest BCUT2D eigenvalue weighted by Crippen LogP contribution is -2.44. The highest BCUT2D eigenvalue weighted by atomic mass is 16.2. The molecule has 2 aliphatic carbocycles. The first kappa shape index (κ1) is 15.2. The predicted octanol–water partition coefficient (Wildman–Crippen LogP) is 2.92. The number of nitrogens with one attached hydrogen (secondary N) is 2. The average Bonchev–Trinajstić information content (AvgIpc) is 3.51. The van der Waals surface area contributed by atoms with Crippen LogP contribution in [0.2, 0.25) is 0 Å². The van der Waals surface area contributed by atoms with Crippen LogP contribution in [0.25, 0.3) is 0 Å². The van der Waals surface area contributed by atoms with Gasteiger partial charge in [0, 0.05) is 31.5 Å². The predicted molar refractivity (Wildman–Crippen MR) is 92.4 cm³/mol. The molecule has 0 aliphatic heterocycles. The van der Waals surface area contributed by atoms with Crippen LogP contribution in [-0.4, -0.2) is 21.6 Å². The van der Waals surface area contributed by atoms with Gasteiger partial charge in [-0.25, -0.2) is 9.78 Å². The van der Waals surface area contributed by atoms with Crippen molar-refractivity contribution in [2.24, 2.45) is 11.8 Å². The lowest BCUT2D eigenvalue weighted by Gasteiger charge is -2.18. The van der Waals surface area contributed by atoms with E-state index in [1.807, 2.05) is 23.2 Å². The maximum atomic E-state index is 12.2. The minimum atomic E-state index is -0.0289. The van der Waals surface area contributed by atoms with Crippen LogP contribution in [0.3, 0.4) is 0 Å². The van der Waals surface area contributed by atoms with E-state index in [1.54, 1.807) is 6.20 Å². The number of imidazole rings is 1. The van der Waals surface area contributed by atoms with Crippen LogP contribution in [0, 0.1) is 11.8 Å². The maximum absolute atomic E-state index is 12.2. The van der Waals surface area contributed by atoms with Crippen molar-refractivity contribution in [3.05, 3.63) is 54.1 Å². The van der Waals surface area contributed by atoms with E-state index in [0.717, 1.165) is 23.9 Å². The molecule has 0 spiro atoms. The fourth-order valence-electron chi connectivity index (χ4n) is 3.35. The normalized spacial score (nSPS) is 17.0. The molecule has 2 aromatic rings. The second-order valence-corrected chi connectivity index (χ2v) is 7.08. The van der Waals surface area contributed by atoms with Crippen molar-refractivity contribution in [1.82, 2.24) is 20.2 Å². The van der Waals surface area contributed by atoms with E-state index >= 15 is 0 Å². The van der Waals surface area contributed by atoms with Gasteiger partial charge in [0.05, 0.1) is 6.33 Å². The second-order valence-electron chi connectivity index (χ2n) is 7.08. The van der Waals surface area contributed by atoms with Crippen molar-refractivity contribution < 1.29 is 4.79 Å². The molecule has 1 heterocycles. The van der Waals surface area contributed by atoms with Gasteiger partial charge in [0.15, 0.2) is 0 Å². The Morgan fingerprint density at radius 3 is 2.62 bits per heavy atom. The highest BCUT2D eigenvalue weighted by Crippen LogP contribution is 2.44. The SMILES string of the molecule is O=C(NCc1cccc(Cn2ccnc2)c1)NC(C1CC1)C1CC1. The van der Waals surface area contributed by atoms with Gasteiger partial charge in [-0.1, -0.05) is 24.3 Å². The Morgan fingerprint density at radius 2 is 1.96 bits per heavy atom. The highest BCUT2D eigenvalue weighted by Gasteiger charge is 2.42. The molecule has 4 rings (SSSR count). The summed E-state index contributed by atoms with van der Waals surface area (Å²) in [4.78, 5) is 16.3. The number of benzene rings is 1. The molecule has 0 atom stereocenters. The molecule has 0 radical (unpaired) electrons. The number of amides is 2. The molecule has 5 heteroatoms. The van der Waals surface area contributed by atoms with Gasteiger partial charge in [-0.3, -0.25) is 0 Å². The molecule has 2 amide bonds. The summed E-state index contributed by atoms with van der Waals surface area (Å²) in [5, 5.41) is 6.21. The van der Waals surface area contributed by atoms with E-state index in [1.165, 1.54) is 31.2 Å². The number of urea groups is 1. The van der Waals surface area contributed by atoms with Crippen LogP contribution < -0.4 is 10.6 Å². The minimum Gasteiger partial charge on any atom is -0.335 e. The van der Waals surface area contributed by atoms with E-state index in [9.17, 15) is 4.79 Å². The lowest BCUT2D eigenvalue weighted by atomic mass is 10.1. The third-order valence-corrected chi connectivity index (χ3v) is 4.93. The molecule has 24 heavy (non-hydrogen) atoms. The fraction of sp³-hybridized carbons (Fsp3) is 0.474. The summed E-state index contributed by atoms with van der Waals surface area (Å²) < 4.78 is 2.04. The first-order chi connectivity index (χ1) is 11.8. The molecule has 2 fully saturated rings. The average molecular weight is 324 g/mol. The standard InChI is InChI=1S/C19H24N4O/c24-19(22-18(16-4-5-16)17-6-7-17)21-11-14-2-1-3-15(10-14)12-23-9-8-20-13-23/h1-3,8-10,13,16-18H,4-7,11-12H2,(H2,21,22,24). The van der Waals surface area contributed by atoms with Crippen LogP contribution in [0.1, 0.15) is 36.8 Å². The zero-order valence-electron chi connectivity index (χ0n) is 13.8. The molecular weight excluding hydrogens is 300 g/mol. The third kappa shape index (κ3) is 3.96. The Bertz CT molecular complexity index is 677. The number of aromatic nitrogens is 2. The first-order valence-electron chi connectivity index (χ1n) is 8.86. The summed E-state index contributed by atoms with van der Waals surface area (Å²) in [5.41, 5.74) is 2.33. The zero-order valence-corrected chi connectivity index (χ0v) is 13.8. The van der Waals surface area contributed by atoms with Crippen LogP contribution in [-0.2, 0) is 13.1 Å². The largest absolute Gasteiger partial charge is 0.335 e. The molecule has 0 unspecified atom stereocenters. The van der Waals surface area contributed by atoms with Crippen LogP contribution >= 0.6 is 0 Å². The second kappa shape index (κ2) is 6.67. The van der Waals surface area contributed by atoms with E-state index in [2.05, 4.69) is 33.8 Å². The molecule has 2 N–H and O–H groups in total. The Hall–Kier alpha value is -2.30. The van der Waals surface area contributed by atoms with Crippen molar-refractivity contribution in [1.29, 1.82) is 0 Å². The number of carbonyl (C=O) groups is 1. The monoisotopic (exact) mass is 324 g/mol. The quantitative estimate of drug-likeness (QED) is 0.823. The number of hydrogen-bond donors (Lipinski definition) is 2. The van der Waals surface area contributed by atoms with Gasteiger partial charge in [0.2, 0.25) is 0 Å². The lowest BCUT2D eigenvalue weighted by molar-refractivity contribution is 0.233. The summed E-state index contributed by atoms with van der Waals surface area (Å²) >= 11 is 0. The summed E-state index contributed by atoms with van der Waals surface area (Å²) in [6, 6.07) is 8.70. The molecule has 126 valence electrons. The number of carbonyl (C=O) groups excluding carboxylic acids is 1. The number of hydrogen-bond acceptors (Lipinski definition) is 2. The van der Waals surface area contributed by atoms with Crippen molar-refractivity contribution in [3.63, 3.8) is 0 Å². The molecule has 0 saturated heterocycles. The topological polar surface area (TPSA) is 59.0 Å². The Kier molecular flexibility index (Phi) is 4.24. The summed E-state index contributed by atoms with van der Waals surface area (Å²) in [7, 11) is 0. The van der Waals surface area contributed by atoms with E-state index in [-0.39, 0.29) is 6.03 Å². The smallest absolute Gasteiger partial charge is 0.315 e. The van der Waals surface area contributed by atoms with Gasteiger partial charge in [0.25, 0.3) is 0 Å². The van der Waals surface area contributed by atoms with E-state index < -0.39 is 0 Å². The summed E-state index contributed by atoms with van der Waals surface area (Å²) in [5.74, 6) is 1.45. The van der Waals surface area contributed by atoms with Crippen molar-refractivity contribution in [3.8, 4) is 0 Å². The molecule has 1 aromatic carbocycles. The van der Waals surface area contributed by atoms with Gasteiger partial charge in [-0.05, 0) is 48.6 Å². The van der Waals surface area contributed by atoms with Gasteiger partial charge in [0.1, 0.15) is 0 Å². The first-order valence-corrected chi connectivity index (χ1v) is 8.86. The molecular formula is C19H24N4O. The van der Waals surface area contributed by atoms with Gasteiger partial charge >= 0.3 is 6.03 Å². The van der Waals surface area contributed by atoms with Crippen LogP contribution in [0.4, 0.5) is 4.79 Å². The third-order valence-electron chi connectivity index (χ3n) is 4.93.